The molecule has 0 radical (unpaired) electrons. The molecule has 1 saturated heterocycles. The van der Waals surface area contributed by atoms with E-state index in [-0.39, 0.29) is 12.3 Å². The Kier molecular flexibility index (Phi) is 4.99. The molecule has 1 saturated carbocycles. The van der Waals surface area contributed by atoms with Crippen LogP contribution < -0.4 is 11.1 Å². The summed E-state index contributed by atoms with van der Waals surface area (Å²) in [6.07, 6.45) is 10.1. The number of imidazole rings is 2. The van der Waals surface area contributed by atoms with Crippen LogP contribution in [-0.2, 0) is 11.2 Å². The highest BCUT2D eigenvalue weighted by molar-refractivity contribution is 5.81. The van der Waals surface area contributed by atoms with Crippen molar-refractivity contribution in [2.45, 2.75) is 56.9 Å². The van der Waals surface area contributed by atoms with E-state index in [1.165, 1.54) is 25.6 Å². The zero-order valence-corrected chi connectivity index (χ0v) is 17.9. The van der Waals surface area contributed by atoms with Crippen molar-refractivity contribution in [3.8, 4) is 0 Å². The summed E-state index contributed by atoms with van der Waals surface area (Å²) < 4.78 is 8.26. The molecule has 32 heavy (non-hydrogen) atoms. The number of nitrogen functional groups attached to an aromatic ring is 1. The Hall–Kier alpha value is -3.04. The minimum Gasteiger partial charge on any atom is -0.382 e. The van der Waals surface area contributed by atoms with E-state index in [0.717, 1.165) is 54.2 Å². The first kappa shape index (κ1) is 19.6. The molecule has 166 valence electrons. The molecule has 0 bridgehead atoms. The number of aromatic amines is 1. The Bertz CT molecular complexity index is 1190. The number of anilines is 1. The SMILES string of the molecule is Nc1ncnc2c1ncn2C1CCC(CNC2CC(CCc3nc4ccccc4[nH]3)C2)O1. The standard InChI is InChI=1S/C23H28N8O/c24-22-21-23(27-12-26-22)31(13-28-21)20-8-6-16(32-20)11-25-15-9-14(10-15)5-7-19-29-17-3-1-2-4-18(17)30-19/h1-4,12-16,20,25H,5-11H2,(H,29,30)(H2,24,26,27). The van der Waals surface area contributed by atoms with Crippen molar-refractivity contribution in [3.63, 3.8) is 0 Å². The topological polar surface area (TPSA) is 120 Å². The Morgan fingerprint density at radius 2 is 2.06 bits per heavy atom. The molecule has 9 nitrogen and oxygen atoms in total. The highest BCUT2D eigenvalue weighted by Crippen LogP contribution is 2.33. The van der Waals surface area contributed by atoms with Gasteiger partial charge in [-0.25, -0.2) is 19.9 Å². The number of aryl methyl sites for hydroxylation is 1. The molecular formula is C23H28N8O. The van der Waals surface area contributed by atoms with Crippen LogP contribution in [0.3, 0.4) is 0 Å². The number of aromatic nitrogens is 6. The number of rotatable bonds is 7. The van der Waals surface area contributed by atoms with Gasteiger partial charge in [0.1, 0.15) is 23.9 Å². The normalized spacial score (nSPS) is 25.5. The largest absolute Gasteiger partial charge is 0.382 e. The summed E-state index contributed by atoms with van der Waals surface area (Å²) in [7, 11) is 0. The molecule has 0 spiro atoms. The van der Waals surface area contributed by atoms with Crippen LogP contribution in [0.5, 0.6) is 0 Å². The lowest BCUT2D eigenvalue weighted by molar-refractivity contribution is 0.00151. The fourth-order valence-corrected chi connectivity index (χ4v) is 5.02. The van der Waals surface area contributed by atoms with Crippen LogP contribution in [0.15, 0.2) is 36.9 Å². The first-order valence-corrected chi connectivity index (χ1v) is 11.5. The molecule has 0 amide bonds. The predicted molar refractivity (Wildman–Crippen MR) is 122 cm³/mol. The highest BCUT2D eigenvalue weighted by atomic mass is 16.5. The fraction of sp³-hybridized carbons (Fsp3) is 0.478. The van der Waals surface area contributed by atoms with Gasteiger partial charge >= 0.3 is 0 Å². The minimum absolute atomic E-state index is 0.0425. The molecule has 2 fully saturated rings. The van der Waals surface area contributed by atoms with E-state index in [1.54, 1.807) is 6.33 Å². The summed E-state index contributed by atoms with van der Waals surface area (Å²) in [6, 6.07) is 8.83. The van der Waals surface area contributed by atoms with Crippen molar-refractivity contribution in [1.29, 1.82) is 0 Å². The highest BCUT2D eigenvalue weighted by Gasteiger charge is 2.32. The molecule has 1 aliphatic heterocycles. The second-order valence-corrected chi connectivity index (χ2v) is 9.05. The zero-order valence-electron chi connectivity index (χ0n) is 17.9. The Morgan fingerprint density at radius 3 is 2.97 bits per heavy atom. The molecule has 2 aliphatic rings. The molecule has 2 atom stereocenters. The first-order valence-electron chi connectivity index (χ1n) is 11.5. The van der Waals surface area contributed by atoms with E-state index >= 15 is 0 Å². The van der Waals surface area contributed by atoms with E-state index in [9.17, 15) is 0 Å². The van der Waals surface area contributed by atoms with E-state index in [1.807, 2.05) is 16.7 Å². The van der Waals surface area contributed by atoms with Gasteiger partial charge in [-0.1, -0.05) is 12.1 Å². The molecule has 9 heteroatoms. The maximum Gasteiger partial charge on any atom is 0.167 e. The summed E-state index contributed by atoms with van der Waals surface area (Å²) in [5.41, 5.74) is 9.47. The summed E-state index contributed by atoms with van der Waals surface area (Å²) in [5, 5.41) is 3.70. The van der Waals surface area contributed by atoms with Crippen molar-refractivity contribution in [1.82, 2.24) is 34.8 Å². The number of nitrogens with zero attached hydrogens (tertiary/aromatic N) is 5. The van der Waals surface area contributed by atoms with Gasteiger partial charge < -0.3 is 20.8 Å². The summed E-state index contributed by atoms with van der Waals surface area (Å²) >= 11 is 0. The maximum atomic E-state index is 6.28. The number of para-hydroxylation sites is 2. The van der Waals surface area contributed by atoms with Crippen LogP contribution in [0.2, 0.25) is 0 Å². The number of hydrogen-bond acceptors (Lipinski definition) is 7. The first-order chi connectivity index (χ1) is 15.7. The zero-order chi connectivity index (χ0) is 21.5. The average molecular weight is 433 g/mol. The van der Waals surface area contributed by atoms with Gasteiger partial charge in [-0.05, 0) is 50.2 Å². The lowest BCUT2D eigenvalue weighted by Crippen LogP contribution is -2.44. The van der Waals surface area contributed by atoms with Gasteiger partial charge in [-0.15, -0.1) is 0 Å². The van der Waals surface area contributed by atoms with E-state index < -0.39 is 0 Å². The Labute approximate surface area is 185 Å². The van der Waals surface area contributed by atoms with Gasteiger partial charge in [-0.2, -0.15) is 0 Å². The molecule has 1 aliphatic carbocycles. The summed E-state index contributed by atoms with van der Waals surface area (Å²) in [6.45, 7) is 0.890. The van der Waals surface area contributed by atoms with Crippen molar-refractivity contribution < 1.29 is 4.74 Å². The third-order valence-corrected chi connectivity index (χ3v) is 6.88. The second kappa shape index (κ2) is 8.14. The van der Waals surface area contributed by atoms with Crippen molar-refractivity contribution >= 4 is 28.0 Å². The average Bonchev–Trinajstić information content (AvgIpc) is 3.50. The molecule has 2 unspecified atom stereocenters. The maximum absolute atomic E-state index is 6.28. The summed E-state index contributed by atoms with van der Waals surface area (Å²) in [5.74, 6) is 2.29. The van der Waals surface area contributed by atoms with Crippen LogP contribution >= 0.6 is 0 Å². The second-order valence-electron chi connectivity index (χ2n) is 9.05. The molecular weight excluding hydrogens is 404 g/mol. The number of nitrogens with one attached hydrogen (secondary N) is 2. The van der Waals surface area contributed by atoms with E-state index in [0.29, 0.717) is 17.4 Å². The van der Waals surface area contributed by atoms with Crippen LogP contribution in [0.25, 0.3) is 22.2 Å². The van der Waals surface area contributed by atoms with Crippen LogP contribution in [0.4, 0.5) is 5.82 Å². The third kappa shape index (κ3) is 3.71. The Balaban J connectivity index is 0.947. The molecule has 4 N–H and O–H groups in total. The van der Waals surface area contributed by atoms with Gasteiger partial charge in [0, 0.05) is 19.0 Å². The van der Waals surface area contributed by atoms with Gasteiger partial charge in [0.15, 0.2) is 11.5 Å². The lowest BCUT2D eigenvalue weighted by Gasteiger charge is -2.36. The molecule has 6 rings (SSSR count). The van der Waals surface area contributed by atoms with Crippen LogP contribution in [-0.4, -0.2) is 48.2 Å². The third-order valence-electron chi connectivity index (χ3n) is 6.88. The number of hydrogen-bond donors (Lipinski definition) is 3. The monoisotopic (exact) mass is 432 g/mol. The number of nitrogens with two attached hydrogens (primary N) is 1. The molecule has 4 aromatic rings. The van der Waals surface area contributed by atoms with Gasteiger partial charge in [-0.3, -0.25) is 4.57 Å². The lowest BCUT2D eigenvalue weighted by atomic mass is 9.77. The molecule has 4 heterocycles. The van der Waals surface area contributed by atoms with Crippen molar-refractivity contribution in [3.05, 3.63) is 42.7 Å². The fourth-order valence-electron chi connectivity index (χ4n) is 5.02. The predicted octanol–water partition coefficient (Wildman–Crippen LogP) is 2.96. The van der Waals surface area contributed by atoms with E-state index in [2.05, 4.69) is 37.4 Å². The molecule has 1 aromatic carbocycles. The molecule has 3 aromatic heterocycles. The smallest absolute Gasteiger partial charge is 0.167 e. The van der Waals surface area contributed by atoms with Crippen molar-refractivity contribution in [2.24, 2.45) is 5.92 Å². The van der Waals surface area contributed by atoms with Crippen LogP contribution in [0.1, 0.15) is 44.2 Å². The number of benzene rings is 1. The van der Waals surface area contributed by atoms with E-state index in [4.69, 9.17) is 15.5 Å². The number of ether oxygens (including phenoxy) is 1. The van der Waals surface area contributed by atoms with Gasteiger partial charge in [0.25, 0.3) is 0 Å². The number of H-pyrrole nitrogens is 1. The quantitative estimate of drug-likeness (QED) is 0.411. The number of fused-ring (bicyclic) bond motifs is 2. The van der Waals surface area contributed by atoms with Gasteiger partial charge in [0.2, 0.25) is 0 Å². The van der Waals surface area contributed by atoms with Crippen molar-refractivity contribution in [2.75, 3.05) is 12.3 Å². The van der Waals surface area contributed by atoms with Gasteiger partial charge in [0.05, 0.1) is 23.5 Å². The summed E-state index contributed by atoms with van der Waals surface area (Å²) in [4.78, 5) is 20.8. The Morgan fingerprint density at radius 1 is 1.16 bits per heavy atom. The van der Waals surface area contributed by atoms with Crippen LogP contribution in [0, 0.1) is 5.92 Å². The minimum atomic E-state index is -0.0425.